The number of benzene rings is 2. The molecule has 0 atom stereocenters. The molecule has 0 radical (unpaired) electrons. The monoisotopic (exact) mass is 348 g/mol. The number of thiocarbonyl (C=S) groups is 1. The summed E-state index contributed by atoms with van der Waals surface area (Å²) in [5, 5.41) is 6.34. The second kappa shape index (κ2) is 8.50. The van der Waals surface area contributed by atoms with Crippen LogP contribution in [0.4, 0.5) is 5.69 Å². The van der Waals surface area contributed by atoms with Crippen LogP contribution in [0.5, 0.6) is 5.75 Å². The van der Waals surface area contributed by atoms with E-state index in [2.05, 4.69) is 10.6 Å². The van der Waals surface area contributed by atoms with E-state index >= 15 is 0 Å². The maximum atomic E-state index is 12.4. The minimum absolute atomic E-state index is 0.197. The third kappa shape index (κ3) is 5.23. The predicted molar refractivity (Wildman–Crippen MR) is 97.4 cm³/mol. The van der Waals surface area contributed by atoms with E-state index in [1.807, 2.05) is 19.1 Å². The van der Waals surface area contributed by atoms with Crippen molar-refractivity contribution in [2.45, 2.75) is 13.3 Å². The maximum Gasteiger partial charge on any atom is 0.261 e. The lowest BCUT2D eigenvalue weighted by Gasteiger charge is -2.12. The van der Waals surface area contributed by atoms with E-state index in [1.165, 1.54) is 0 Å². The van der Waals surface area contributed by atoms with Gasteiger partial charge in [0.1, 0.15) is 5.75 Å². The van der Waals surface area contributed by atoms with Gasteiger partial charge in [-0.25, -0.2) is 0 Å². The van der Waals surface area contributed by atoms with Crippen molar-refractivity contribution >= 4 is 40.5 Å². The average Bonchev–Trinajstić information content (AvgIpc) is 2.53. The molecule has 2 rings (SSSR count). The van der Waals surface area contributed by atoms with Crippen LogP contribution in [0.15, 0.2) is 48.5 Å². The Morgan fingerprint density at radius 2 is 2.00 bits per heavy atom. The molecule has 0 aromatic heterocycles. The zero-order valence-corrected chi connectivity index (χ0v) is 14.2. The summed E-state index contributed by atoms with van der Waals surface area (Å²) in [6.45, 7) is 2.56. The predicted octanol–water partition coefficient (Wildman–Crippen LogP) is 4.26. The lowest BCUT2D eigenvalue weighted by Crippen LogP contribution is -2.34. The van der Waals surface area contributed by atoms with E-state index < -0.39 is 0 Å². The van der Waals surface area contributed by atoms with Gasteiger partial charge in [-0.2, -0.15) is 0 Å². The number of amides is 1. The number of anilines is 1. The molecule has 0 aliphatic rings. The van der Waals surface area contributed by atoms with Crippen LogP contribution >= 0.6 is 23.8 Å². The number of para-hydroxylation sites is 1. The number of hydrogen-bond acceptors (Lipinski definition) is 3. The number of nitrogens with one attached hydrogen (secondary N) is 2. The number of rotatable bonds is 5. The van der Waals surface area contributed by atoms with Crippen LogP contribution < -0.4 is 15.4 Å². The first kappa shape index (κ1) is 17.2. The molecule has 2 aromatic carbocycles. The van der Waals surface area contributed by atoms with Crippen molar-refractivity contribution in [3.8, 4) is 5.75 Å². The van der Waals surface area contributed by atoms with Crippen LogP contribution in [-0.2, 0) is 0 Å². The van der Waals surface area contributed by atoms with Crippen LogP contribution in [0.2, 0.25) is 5.02 Å². The van der Waals surface area contributed by atoms with Crippen molar-refractivity contribution in [2.24, 2.45) is 0 Å². The van der Waals surface area contributed by atoms with Crippen molar-refractivity contribution in [1.82, 2.24) is 5.32 Å². The summed E-state index contributed by atoms with van der Waals surface area (Å²) in [7, 11) is 0. The molecular formula is C17H17ClN2O2S. The molecule has 6 heteroatoms. The highest BCUT2D eigenvalue weighted by atomic mass is 35.5. The molecule has 0 aliphatic heterocycles. The van der Waals surface area contributed by atoms with Gasteiger partial charge in [0.05, 0.1) is 12.2 Å². The molecule has 0 saturated heterocycles. The zero-order chi connectivity index (χ0) is 16.7. The van der Waals surface area contributed by atoms with E-state index in [9.17, 15) is 4.79 Å². The Hall–Kier alpha value is -2.11. The first-order valence-electron chi connectivity index (χ1n) is 7.20. The molecule has 0 unspecified atom stereocenters. The van der Waals surface area contributed by atoms with Crippen LogP contribution in [0.25, 0.3) is 0 Å². The summed E-state index contributed by atoms with van der Waals surface area (Å²) in [4.78, 5) is 12.4. The number of halogens is 1. The summed E-state index contributed by atoms with van der Waals surface area (Å²) in [6.07, 6.45) is 0.866. The molecule has 0 heterocycles. The lowest BCUT2D eigenvalue weighted by molar-refractivity contribution is 0.0973. The van der Waals surface area contributed by atoms with Crippen molar-refractivity contribution in [3.05, 3.63) is 59.1 Å². The molecule has 120 valence electrons. The topological polar surface area (TPSA) is 50.4 Å². The van der Waals surface area contributed by atoms with E-state index in [1.54, 1.807) is 36.4 Å². The maximum absolute atomic E-state index is 12.4. The zero-order valence-electron chi connectivity index (χ0n) is 12.6. The molecule has 0 saturated carbocycles. The third-order valence-corrected chi connectivity index (χ3v) is 3.34. The standard InChI is InChI=1S/C17H17ClN2O2S/c1-2-10-22-15-9-4-3-8-14(15)16(21)20-17(23)19-13-7-5-6-12(18)11-13/h3-9,11H,2,10H2,1H3,(H2,19,20,21,23). The van der Waals surface area contributed by atoms with Gasteiger partial charge in [-0.05, 0) is 49.0 Å². The Morgan fingerprint density at radius 1 is 1.22 bits per heavy atom. The van der Waals surface area contributed by atoms with Gasteiger partial charge >= 0.3 is 0 Å². The Kier molecular flexibility index (Phi) is 6.38. The molecule has 2 N–H and O–H groups in total. The average molecular weight is 349 g/mol. The second-order valence-electron chi connectivity index (χ2n) is 4.76. The largest absolute Gasteiger partial charge is 0.493 e. The molecule has 1 amide bonds. The highest BCUT2D eigenvalue weighted by Gasteiger charge is 2.13. The molecule has 0 fully saturated rings. The van der Waals surface area contributed by atoms with Crippen molar-refractivity contribution in [2.75, 3.05) is 11.9 Å². The first-order valence-corrected chi connectivity index (χ1v) is 7.98. The van der Waals surface area contributed by atoms with E-state index in [-0.39, 0.29) is 11.0 Å². The molecule has 0 aliphatic carbocycles. The molecule has 23 heavy (non-hydrogen) atoms. The van der Waals surface area contributed by atoms with Crippen LogP contribution in [0.3, 0.4) is 0 Å². The highest BCUT2D eigenvalue weighted by Crippen LogP contribution is 2.18. The number of ether oxygens (including phenoxy) is 1. The Bertz CT molecular complexity index is 706. The van der Waals surface area contributed by atoms with Gasteiger partial charge in [0, 0.05) is 10.7 Å². The van der Waals surface area contributed by atoms with Crippen molar-refractivity contribution < 1.29 is 9.53 Å². The van der Waals surface area contributed by atoms with Gasteiger partial charge in [0.25, 0.3) is 5.91 Å². The fraction of sp³-hybridized carbons (Fsp3) is 0.176. The SMILES string of the molecule is CCCOc1ccccc1C(=O)NC(=S)Nc1cccc(Cl)c1. The smallest absolute Gasteiger partial charge is 0.261 e. The van der Waals surface area contributed by atoms with Crippen LogP contribution in [0.1, 0.15) is 23.7 Å². The molecule has 0 bridgehead atoms. The van der Waals surface area contributed by atoms with E-state index in [0.29, 0.717) is 28.6 Å². The Balaban J connectivity index is 2.02. The lowest BCUT2D eigenvalue weighted by atomic mass is 10.2. The minimum atomic E-state index is -0.323. The van der Waals surface area contributed by atoms with Crippen molar-refractivity contribution in [3.63, 3.8) is 0 Å². The first-order chi connectivity index (χ1) is 11.1. The second-order valence-corrected chi connectivity index (χ2v) is 5.61. The van der Waals surface area contributed by atoms with Gasteiger partial charge in [-0.1, -0.05) is 36.7 Å². The van der Waals surface area contributed by atoms with Crippen LogP contribution in [0, 0.1) is 0 Å². The molecule has 4 nitrogen and oxygen atoms in total. The third-order valence-electron chi connectivity index (χ3n) is 2.90. The van der Waals surface area contributed by atoms with Gasteiger partial charge in [0.15, 0.2) is 5.11 Å². The number of carbonyl (C=O) groups is 1. The van der Waals surface area contributed by atoms with Gasteiger partial charge in [0.2, 0.25) is 0 Å². The quantitative estimate of drug-likeness (QED) is 0.793. The Morgan fingerprint density at radius 3 is 2.74 bits per heavy atom. The fourth-order valence-electron chi connectivity index (χ4n) is 1.89. The molecule has 2 aromatic rings. The molecule has 0 spiro atoms. The summed E-state index contributed by atoms with van der Waals surface area (Å²) in [5.41, 5.74) is 1.15. The number of carbonyl (C=O) groups excluding carboxylic acids is 1. The van der Waals surface area contributed by atoms with Crippen molar-refractivity contribution in [1.29, 1.82) is 0 Å². The fourth-order valence-corrected chi connectivity index (χ4v) is 2.29. The van der Waals surface area contributed by atoms with Gasteiger partial charge in [-0.15, -0.1) is 0 Å². The van der Waals surface area contributed by atoms with Gasteiger partial charge in [-0.3, -0.25) is 10.1 Å². The summed E-state index contributed by atoms with van der Waals surface area (Å²) in [6, 6.07) is 14.1. The molecular weight excluding hydrogens is 332 g/mol. The van der Waals surface area contributed by atoms with Gasteiger partial charge < -0.3 is 10.1 Å². The van der Waals surface area contributed by atoms with E-state index in [0.717, 1.165) is 6.42 Å². The summed E-state index contributed by atoms with van der Waals surface area (Å²) in [5.74, 6) is 0.216. The Labute approximate surface area is 145 Å². The van der Waals surface area contributed by atoms with E-state index in [4.69, 9.17) is 28.6 Å². The van der Waals surface area contributed by atoms with Crippen LogP contribution in [-0.4, -0.2) is 17.6 Å². The number of hydrogen-bond donors (Lipinski definition) is 2. The minimum Gasteiger partial charge on any atom is -0.493 e. The highest BCUT2D eigenvalue weighted by molar-refractivity contribution is 7.80. The summed E-state index contributed by atoms with van der Waals surface area (Å²) < 4.78 is 5.58. The summed E-state index contributed by atoms with van der Waals surface area (Å²) >= 11 is 11.1. The normalized spacial score (nSPS) is 10.0.